The first-order chi connectivity index (χ1) is 13.3. The van der Waals surface area contributed by atoms with E-state index in [1.165, 1.54) is 0 Å². The zero-order valence-corrected chi connectivity index (χ0v) is 20.2. The van der Waals surface area contributed by atoms with Gasteiger partial charge in [0.05, 0.1) is 37.6 Å². The van der Waals surface area contributed by atoms with Crippen LogP contribution in [0.15, 0.2) is 0 Å². The van der Waals surface area contributed by atoms with E-state index in [-0.39, 0.29) is 49.0 Å². The van der Waals surface area contributed by atoms with Crippen molar-refractivity contribution in [2.24, 2.45) is 11.8 Å². The molecule has 2 aliphatic heterocycles. The molecule has 0 saturated carbocycles. The van der Waals surface area contributed by atoms with Crippen molar-refractivity contribution in [1.82, 2.24) is 0 Å². The third kappa shape index (κ3) is 7.15. The Kier molecular flexibility index (Phi) is 9.04. The van der Waals surface area contributed by atoms with Gasteiger partial charge in [-0.05, 0) is 27.1 Å². The SMILES string of the molecule is C=P(C)(O)OC1C(COP(=C)(O)OC2C(COCC)OC(C)C2C)OC(C)C1C. The average molecular weight is 456 g/mol. The van der Waals surface area contributed by atoms with Crippen LogP contribution in [-0.4, -0.2) is 85.5 Å². The normalized spacial score (nSPS) is 41.9. The molecule has 2 heterocycles. The fourth-order valence-electron chi connectivity index (χ4n) is 3.67. The maximum absolute atomic E-state index is 10.7. The van der Waals surface area contributed by atoms with E-state index in [0.717, 1.165) is 0 Å². The van der Waals surface area contributed by atoms with Gasteiger partial charge in [-0.1, -0.05) is 20.1 Å². The summed E-state index contributed by atoms with van der Waals surface area (Å²) in [6.45, 7) is 12.4. The second kappa shape index (κ2) is 10.3. The molecule has 2 saturated heterocycles. The van der Waals surface area contributed by atoms with Crippen LogP contribution < -0.4 is 0 Å². The molecule has 10 unspecified atom stereocenters. The Bertz CT molecular complexity index is 623. The summed E-state index contributed by atoms with van der Waals surface area (Å²) in [5.41, 5.74) is 0. The average Bonchev–Trinajstić information content (AvgIpc) is 3.01. The summed E-state index contributed by atoms with van der Waals surface area (Å²) in [5, 5.41) is 0. The van der Waals surface area contributed by atoms with Crippen LogP contribution in [0, 0.1) is 11.8 Å². The molecule has 2 fully saturated rings. The van der Waals surface area contributed by atoms with E-state index in [4.69, 9.17) is 27.8 Å². The van der Waals surface area contributed by atoms with Crippen molar-refractivity contribution in [3.05, 3.63) is 0 Å². The van der Waals surface area contributed by atoms with Gasteiger partial charge < -0.3 is 37.6 Å². The molecule has 0 bridgehead atoms. The lowest BCUT2D eigenvalue weighted by Gasteiger charge is -2.30. The summed E-state index contributed by atoms with van der Waals surface area (Å²) in [7, 11) is -6.09. The number of rotatable bonds is 10. The summed E-state index contributed by atoms with van der Waals surface area (Å²) in [5.74, 6) is 0.107. The van der Waals surface area contributed by atoms with Crippen LogP contribution in [0.25, 0.3) is 0 Å². The van der Waals surface area contributed by atoms with Crippen LogP contribution in [0.5, 0.6) is 0 Å². The molecule has 0 aliphatic carbocycles. The fraction of sp³-hybridized carbons (Fsp3) is 0.895. The van der Waals surface area contributed by atoms with Crippen molar-refractivity contribution in [2.75, 3.05) is 26.5 Å². The monoisotopic (exact) mass is 456 g/mol. The van der Waals surface area contributed by atoms with Crippen molar-refractivity contribution in [1.29, 1.82) is 0 Å². The molecule has 2 N–H and O–H groups in total. The lowest BCUT2D eigenvalue weighted by Crippen LogP contribution is -2.34. The fourth-order valence-corrected chi connectivity index (χ4v) is 5.67. The second-order valence-corrected chi connectivity index (χ2v) is 12.3. The highest BCUT2D eigenvalue weighted by atomic mass is 31.2. The summed E-state index contributed by atoms with van der Waals surface area (Å²) >= 11 is 0. The van der Waals surface area contributed by atoms with E-state index in [0.29, 0.717) is 13.2 Å². The highest BCUT2D eigenvalue weighted by Crippen LogP contribution is 2.49. The minimum Gasteiger partial charge on any atom is -0.379 e. The molecular weight excluding hydrogens is 418 g/mol. The number of hydrogen-bond donors (Lipinski definition) is 2. The molecule has 0 aromatic heterocycles. The van der Waals surface area contributed by atoms with Crippen LogP contribution in [-0.2, 0) is 27.8 Å². The van der Waals surface area contributed by atoms with Gasteiger partial charge in [-0.15, -0.1) is 0 Å². The Morgan fingerprint density at radius 1 is 0.862 bits per heavy atom. The Labute approximate surface area is 175 Å². The molecule has 172 valence electrons. The van der Waals surface area contributed by atoms with E-state index in [2.05, 4.69) is 12.6 Å². The summed E-state index contributed by atoms with van der Waals surface area (Å²) in [6.07, 6.45) is 5.87. The van der Waals surface area contributed by atoms with E-state index in [9.17, 15) is 9.79 Å². The molecule has 0 aromatic rings. The van der Waals surface area contributed by atoms with Crippen molar-refractivity contribution in [3.63, 3.8) is 0 Å². The molecule has 8 nitrogen and oxygen atoms in total. The standard InChI is InChI=1S/C19H38O8P2/c1-9-22-10-16-19(13(3)15(5)24-16)27-29(8,21)23-11-17-18(26-28(6,7)20)12(2)14(4)25-17/h12-21H,6,8-11H2,1-5,7H3. The zero-order chi connectivity index (χ0) is 22.0. The van der Waals surface area contributed by atoms with Gasteiger partial charge in [0, 0.05) is 25.1 Å². The van der Waals surface area contributed by atoms with Crippen molar-refractivity contribution < 1.29 is 37.6 Å². The first-order valence-corrected chi connectivity index (χ1v) is 14.2. The first-order valence-electron chi connectivity index (χ1n) is 10.1. The van der Waals surface area contributed by atoms with Gasteiger partial charge in [0.2, 0.25) is 7.57 Å². The maximum Gasteiger partial charge on any atom is 0.248 e. The summed E-state index contributed by atoms with van der Waals surface area (Å²) in [4.78, 5) is 20.8. The van der Waals surface area contributed by atoms with Crippen molar-refractivity contribution >= 4 is 27.5 Å². The van der Waals surface area contributed by atoms with E-state index in [1.54, 1.807) is 6.66 Å². The number of ether oxygens (including phenoxy) is 3. The predicted molar refractivity (Wildman–Crippen MR) is 118 cm³/mol. The van der Waals surface area contributed by atoms with Crippen LogP contribution in [0.4, 0.5) is 0 Å². The molecule has 10 atom stereocenters. The Morgan fingerprint density at radius 2 is 1.34 bits per heavy atom. The van der Waals surface area contributed by atoms with Gasteiger partial charge in [-0.25, -0.2) is 0 Å². The minimum absolute atomic E-state index is 0.0219. The highest BCUT2D eigenvalue weighted by molar-refractivity contribution is 7.62. The molecule has 2 rings (SSSR count). The van der Waals surface area contributed by atoms with Crippen molar-refractivity contribution in [2.45, 2.75) is 71.2 Å². The van der Waals surface area contributed by atoms with Crippen LogP contribution >= 0.6 is 14.9 Å². The Morgan fingerprint density at radius 3 is 1.83 bits per heavy atom. The van der Waals surface area contributed by atoms with E-state index < -0.39 is 21.0 Å². The molecule has 29 heavy (non-hydrogen) atoms. The van der Waals surface area contributed by atoms with Gasteiger partial charge in [-0.3, -0.25) is 0 Å². The van der Waals surface area contributed by atoms with E-state index in [1.807, 2.05) is 34.6 Å². The molecule has 0 amide bonds. The van der Waals surface area contributed by atoms with Gasteiger partial charge in [-0.2, -0.15) is 0 Å². The van der Waals surface area contributed by atoms with Gasteiger partial charge in [0.1, 0.15) is 19.5 Å². The van der Waals surface area contributed by atoms with Crippen LogP contribution in [0.2, 0.25) is 0 Å². The largest absolute Gasteiger partial charge is 0.379 e. The van der Waals surface area contributed by atoms with Crippen LogP contribution in [0.1, 0.15) is 34.6 Å². The van der Waals surface area contributed by atoms with Gasteiger partial charge >= 0.3 is 0 Å². The molecule has 0 aromatic carbocycles. The van der Waals surface area contributed by atoms with Gasteiger partial charge in [0.15, 0.2) is 0 Å². The minimum atomic E-state index is -3.38. The van der Waals surface area contributed by atoms with Gasteiger partial charge in [0.25, 0.3) is 0 Å². The molecule has 2 aliphatic rings. The predicted octanol–water partition coefficient (Wildman–Crippen LogP) is 2.75. The molecule has 0 radical (unpaired) electrons. The molecular formula is C19H38O8P2. The van der Waals surface area contributed by atoms with Crippen molar-refractivity contribution in [3.8, 4) is 0 Å². The Balaban J connectivity index is 1.99. The zero-order valence-electron chi connectivity index (χ0n) is 18.4. The lowest BCUT2D eigenvalue weighted by atomic mass is 10.00. The summed E-state index contributed by atoms with van der Waals surface area (Å²) < 4.78 is 34.7. The second-order valence-electron chi connectivity index (χ2n) is 8.26. The Hall–Kier alpha value is 0.280. The quantitative estimate of drug-likeness (QED) is 0.485. The molecule has 10 heteroatoms. The smallest absolute Gasteiger partial charge is 0.248 e. The molecule has 0 spiro atoms. The topological polar surface area (TPSA) is 95.8 Å². The third-order valence-corrected chi connectivity index (χ3v) is 7.41. The highest BCUT2D eigenvalue weighted by Gasteiger charge is 2.45. The maximum atomic E-state index is 10.7. The number of hydrogen-bond acceptors (Lipinski definition) is 8. The van der Waals surface area contributed by atoms with E-state index >= 15 is 0 Å². The first kappa shape index (κ1) is 25.5. The van der Waals surface area contributed by atoms with Crippen LogP contribution in [0.3, 0.4) is 0 Å². The lowest BCUT2D eigenvalue weighted by molar-refractivity contribution is -0.0402. The summed E-state index contributed by atoms with van der Waals surface area (Å²) in [6, 6.07) is 0. The third-order valence-electron chi connectivity index (χ3n) is 5.59.